The number of fused-ring (bicyclic) bond motifs is 1. The lowest BCUT2D eigenvalue weighted by molar-refractivity contribution is 0.0951. The highest BCUT2D eigenvalue weighted by molar-refractivity contribution is 7.16. The Morgan fingerprint density at radius 2 is 2.15 bits per heavy atom. The van der Waals surface area contributed by atoms with Gasteiger partial charge in [-0.1, -0.05) is 22.9 Å². The van der Waals surface area contributed by atoms with E-state index in [-0.39, 0.29) is 5.91 Å². The molecule has 0 aliphatic heterocycles. The minimum atomic E-state index is -0.148. The van der Waals surface area contributed by atoms with E-state index >= 15 is 0 Å². The van der Waals surface area contributed by atoms with Gasteiger partial charge in [0.1, 0.15) is 5.01 Å². The Hall–Kier alpha value is -1.92. The average Bonchev–Trinajstić information content (AvgIpc) is 2.93. The van der Waals surface area contributed by atoms with E-state index in [9.17, 15) is 4.79 Å². The summed E-state index contributed by atoms with van der Waals surface area (Å²) in [7, 11) is 0. The van der Waals surface area contributed by atoms with Crippen molar-refractivity contribution < 1.29 is 4.79 Å². The van der Waals surface area contributed by atoms with Crippen molar-refractivity contribution in [3.8, 4) is 0 Å². The molecule has 0 saturated carbocycles. The first-order valence-corrected chi connectivity index (χ1v) is 7.17. The van der Waals surface area contributed by atoms with Gasteiger partial charge in [0, 0.05) is 10.6 Å². The SMILES string of the molecule is Cc1cn2nc(CNC(=O)c3ccc(Cl)cc3)sc2n1. The molecule has 0 bridgehead atoms. The monoisotopic (exact) mass is 306 g/mol. The molecule has 0 atom stereocenters. The summed E-state index contributed by atoms with van der Waals surface area (Å²) in [5.41, 5.74) is 1.51. The summed E-state index contributed by atoms with van der Waals surface area (Å²) in [5.74, 6) is -0.148. The van der Waals surface area contributed by atoms with Crippen molar-refractivity contribution in [3.05, 3.63) is 51.7 Å². The third-order valence-electron chi connectivity index (χ3n) is 2.71. The number of nitrogens with one attached hydrogen (secondary N) is 1. The fourth-order valence-corrected chi connectivity index (χ4v) is 2.77. The van der Waals surface area contributed by atoms with Gasteiger partial charge in [-0.15, -0.1) is 0 Å². The fourth-order valence-electron chi connectivity index (χ4n) is 1.78. The molecule has 0 saturated heterocycles. The number of aryl methyl sites for hydroxylation is 1. The first-order valence-electron chi connectivity index (χ1n) is 5.97. The zero-order valence-corrected chi connectivity index (χ0v) is 12.2. The number of carbonyl (C=O) groups is 1. The van der Waals surface area contributed by atoms with Crippen LogP contribution in [0.15, 0.2) is 30.5 Å². The van der Waals surface area contributed by atoms with Crippen LogP contribution >= 0.6 is 22.9 Å². The second-order valence-corrected chi connectivity index (χ2v) is 5.77. The third kappa shape index (κ3) is 2.66. The van der Waals surface area contributed by atoms with Gasteiger partial charge in [-0.3, -0.25) is 4.79 Å². The van der Waals surface area contributed by atoms with Gasteiger partial charge in [0.25, 0.3) is 5.91 Å². The van der Waals surface area contributed by atoms with E-state index in [1.54, 1.807) is 28.8 Å². The highest BCUT2D eigenvalue weighted by Gasteiger charge is 2.09. The van der Waals surface area contributed by atoms with Crippen molar-refractivity contribution in [1.29, 1.82) is 0 Å². The quantitative estimate of drug-likeness (QED) is 0.809. The van der Waals surface area contributed by atoms with Crippen LogP contribution in [0, 0.1) is 6.92 Å². The van der Waals surface area contributed by atoms with Crippen LogP contribution in [0.4, 0.5) is 0 Å². The molecular weight excluding hydrogens is 296 g/mol. The summed E-state index contributed by atoms with van der Waals surface area (Å²) < 4.78 is 1.73. The Morgan fingerprint density at radius 1 is 1.40 bits per heavy atom. The van der Waals surface area contributed by atoms with E-state index in [0.717, 1.165) is 15.7 Å². The summed E-state index contributed by atoms with van der Waals surface area (Å²) in [4.78, 5) is 17.1. The lowest BCUT2D eigenvalue weighted by Crippen LogP contribution is -2.22. The van der Waals surface area contributed by atoms with Crippen molar-refractivity contribution in [2.24, 2.45) is 0 Å². The first-order chi connectivity index (χ1) is 9.61. The second-order valence-electron chi connectivity index (χ2n) is 4.29. The normalized spacial score (nSPS) is 10.9. The molecule has 3 aromatic rings. The Labute approximate surface area is 124 Å². The molecule has 0 fully saturated rings. The fraction of sp³-hybridized carbons (Fsp3) is 0.154. The van der Waals surface area contributed by atoms with Gasteiger partial charge < -0.3 is 5.32 Å². The van der Waals surface area contributed by atoms with E-state index < -0.39 is 0 Å². The van der Waals surface area contributed by atoms with Gasteiger partial charge in [-0.25, -0.2) is 9.50 Å². The number of nitrogens with zero attached hydrogens (tertiary/aromatic N) is 3. The standard InChI is InChI=1S/C13H11ClN4OS/c1-8-7-18-13(16-8)20-11(17-18)6-15-12(19)9-2-4-10(14)5-3-9/h2-5,7H,6H2,1H3,(H,15,19). The van der Waals surface area contributed by atoms with Gasteiger partial charge in [-0.2, -0.15) is 5.10 Å². The average molecular weight is 307 g/mol. The molecule has 1 aromatic carbocycles. The Balaban J connectivity index is 1.67. The van der Waals surface area contributed by atoms with Crippen LogP contribution in [0.25, 0.3) is 4.96 Å². The number of carbonyl (C=O) groups excluding carboxylic acids is 1. The van der Waals surface area contributed by atoms with Crippen LogP contribution in [-0.2, 0) is 6.54 Å². The molecule has 1 amide bonds. The summed E-state index contributed by atoms with van der Waals surface area (Å²) in [5, 5.41) is 8.60. The van der Waals surface area contributed by atoms with Gasteiger partial charge in [-0.05, 0) is 31.2 Å². The summed E-state index contributed by atoms with van der Waals surface area (Å²) in [6, 6.07) is 6.76. The van der Waals surface area contributed by atoms with Gasteiger partial charge >= 0.3 is 0 Å². The van der Waals surface area contributed by atoms with Crippen LogP contribution in [0.3, 0.4) is 0 Å². The predicted molar refractivity (Wildman–Crippen MR) is 78.2 cm³/mol. The van der Waals surface area contributed by atoms with Crippen molar-refractivity contribution in [2.75, 3.05) is 0 Å². The third-order valence-corrected chi connectivity index (χ3v) is 3.89. The highest BCUT2D eigenvalue weighted by Crippen LogP contribution is 2.14. The molecule has 1 N–H and O–H groups in total. The zero-order chi connectivity index (χ0) is 14.1. The highest BCUT2D eigenvalue weighted by atomic mass is 35.5. The van der Waals surface area contributed by atoms with Gasteiger partial charge in [0.15, 0.2) is 0 Å². The van der Waals surface area contributed by atoms with Crippen molar-refractivity contribution in [3.63, 3.8) is 0 Å². The molecule has 20 heavy (non-hydrogen) atoms. The smallest absolute Gasteiger partial charge is 0.251 e. The molecule has 2 aromatic heterocycles. The van der Waals surface area contributed by atoms with Crippen LogP contribution in [-0.4, -0.2) is 20.5 Å². The Kier molecular flexibility index (Phi) is 3.42. The molecule has 7 heteroatoms. The molecular formula is C13H11ClN4OS. The number of halogens is 1. The van der Waals surface area contributed by atoms with E-state index in [1.165, 1.54) is 11.3 Å². The van der Waals surface area contributed by atoms with E-state index in [1.807, 2.05) is 13.1 Å². The largest absolute Gasteiger partial charge is 0.345 e. The lowest BCUT2D eigenvalue weighted by Gasteiger charge is -2.02. The molecule has 2 heterocycles. The second kappa shape index (κ2) is 5.22. The number of hydrogen-bond acceptors (Lipinski definition) is 4. The number of amides is 1. The summed E-state index contributed by atoms with van der Waals surface area (Å²) >= 11 is 7.25. The minimum absolute atomic E-state index is 0.148. The van der Waals surface area contributed by atoms with Crippen LogP contribution in [0.1, 0.15) is 21.1 Å². The Bertz CT molecular complexity index is 731. The van der Waals surface area contributed by atoms with E-state index in [0.29, 0.717) is 17.1 Å². The molecule has 0 unspecified atom stereocenters. The lowest BCUT2D eigenvalue weighted by atomic mass is 10.2. The molecule has 5 nitrogen and oxygen atoms in total. The maximum Gasteiger partial charge on any atom is 0.251 e. The molecule has 0 spiro atoms. The van der Waals surface area contributed by atoms with Crippen LogP contribution < -0.4 is 5.32 Å². The van der Waals surface area contributed by atoms with Crippen LogP contribution in [0.2, 0.25) is 5.02 Å². The summed E-state index contributed by atoms with van der Waals surface area (Å²) in [6.45, 7) is 2.30. The number of imidazole rings is 1. The Morgan fingerprint density at radius 3 is 2.85 bits per heavy atom. The van der Waals surface area contributed by atoms with Crippen molar-refractivity contribution in [2.45, 2.75) is 13.5 Å². The first kappa shape index (κ1) is 13.1. The molecule has 0 aliphatic carbocycles. The maximum absolute atomic E-state index is 11.9. The summed E-state index contributed by atoms with van der Waals surface area (Å²) in [6.07, 6.45) is 1.86. The maximum atomic E-state index is 11.9. The van der Waals surface area contributed by atoms with Crippen LogP contribution in [0.5, 0.6) is 0 Å². The number of benzene rings is 1. The predicted octanol–water partition coefficient (Wildman–Crippen LogP) is 2.68. The number of aromatic nitrogens is 3. The molecule has 0 aliphatic rings. The van der Waals surface area contributed by atoms with E-state index in [4.69, 9.17) is 11.6 Å². The topological polar surface area (TPSA) is 59.3 Å². The van der Waals surface area contributed by atoms with Crippen molar-refractivity contribution >= 4 is 33.8 Å². The van der Waals surface area contributed by atoms with Gasteiger partial charge in [0.2, 0.25) is 4.96 Å². The molecule has 3 rings (SSSR count). The molecule has 102 valence electrons. The zero-order valence-electron chi connectivity index (χ0n) is 10.6. The minimum Gasteiger partial charge on any atom is -0.345 e. The van der Waals surface area contributed by atoms with E-state index in [2.05, 4.69) is 15.4 Å². The number of hydrogen-bond donors (Lipinski definition) is 1. The van der Waals surface area contributed by atoms with Gasteiger partial charge in [0.05, 0.1) is 18.4 Å². The molecule has 0 radical (unpaired) electrons. The van der Waals surface area contributed by atoms with Crippen molar-refractivity contribution in [1.82, 2.24) is 19.9 Å². The number of rotatable bonds is 3.